The third kappa shape index (κ3) is 3.56. The summed E-state index contributed by atoms with van der Waals surface area (Å²) in [6, 6.07) is 11.1. The van der Waals surface area contributed by atoms with Crippen LogP contribution < -0.4 is 4.90 Å². The van der Waals surface area contributed by atoms with Crippen molar-refractivity contribution in [2.24, 2.45) is 0 Å². The van der Waals surface area contributed by atoms with Crippen LogP contribution in [0.15, 0.2) is 40.9 Å². The number of piperazine rings is 1. The van der Waals surface area contributed by atoms with E-state index < -0.39 is 0 Å². The van der Waals surface area contributed by atoms with Gasteiger partial charge in [0.1, 0.15) is 0 Å². The number of hydrogen-bond donors (Lipinski definition) is 0. The van der Waals surface area contributed by atoms with Crippen LogP contribution in [0.1, 0.15) is 10.4 Å². The van der Waals surface area contributed by atoms with Crippen LogP contribution in [0, 0.1) is 0 Å². The quantitative estimate of drug-likeness (QED) is 0.508. The number of nitrogens with zero attached hydrogens (tertiary/aromatic N) is 3. The normalized spacial score (nSPS) is 14.9. The van der Waals surface area contributed by atoms with Crippen molar-refractivity contribution in [3.8, 4) is 0 Å². The van der Waals surface area contributed by atoms with Crippen LogP contribution >= 0.6 is 50.5 Å². The number of benzene rings is 2. The summed E-state index contributed by atoms with van der Waals surface area (Å²) in [4.78, 5) is 21.5. The summed E-state index contributed by atoms with van der Waals surface area (Å²) in [7, 11) is 0. The van der Waals surface area contributed by atoms with Gasteiger partial charge in [0.05, 0.1) is 20.8 Å². The van der Waals surface area contributed by atoms with Gasteiger partial charge in [-0.05, 0) is 36.4 Å². The molecule has 1 aromatic heterocycles. The Morgan fingerprint density at radius 1 is 1.08 bits per heavy atom. The Morgan fingerprint density at radius 2 is 1.85 bits per heavy atom. The Balaban J connectivity index is 1.48. The second kappa shape index (κ2) is 7.35. The monoisotopic (exact) mass is 469 g/mol. The lowest BCUT2D eigenvalue weighted by Crippen LogP contribution is -2.48. The fourth-order valence-corrected chi connectivity index (χ4v) is 4.81. The number of amides is 1. The lowest BCUT2D eigenvalue weighted by Gasteiger charge is -2.34. The molecule has 4 nitrogen and oxygen atoms in total. The van der Waals surface area contributed by atoms with Crippen LogP contribution in [-0.4, -0.2) is 42.0 Å². The van der Waals surface area contributed by atoms with E-state index in [2.05, 4.69) is 25.8 Å². The van der Waals surface area contributed by atoms with Crippen molar-refractivity contribution < 1.29 is 4.79 Å². The minimum absolute atomic E-state index is 0.0352. The number of rotatable bonds is 2. The number of hydrogen-bond acceptors (Lipinski definition) is 4. The maximum atomic E-state index is 12.8. The molecule has 0 unspecified atom stereocenters. The summed E-state index contributed by atoms with van der Waals surface area (Å²) in [5, 5.41) is 2.16. The Bertz CT molecular complexity index is 986. The third-order valence-corrected chi connectivity index (χ3v) is 6.47. The highest BCUT2D eigenvalue weighted by Crippen LogP contribution is 2.31. The van der Waals surface area contributed by atoms with E-state index in [0.29, 0.717) is 28.7 Å². The highest BCUT2D eigenvalue weighted by Gasteiger charge is 2.25. The van der Waals surface area contributed by atoms with Crippen molar-refractivity contribution in [3.63, 3.8) is 0 Å². The zero-order valence-corrected chi connectivity index (χ0v) is 17.5. The molecule has 26 heavy (non-hydrogen) atoms. The first kappa shape index (κ1) is 18.0. The standard InChI is InChI=1S/C18H14BrCl2N3OS/c19-11-1-3-14(21)13(9-11)17(25)23-5-7-24(8-6-23)18-22-15-4-2-12(20)10-16(15)26-18/h1-4,9-10H,5-8H2. The zero-order chi connectivity index (χ0) is 18.3. The highest BCUT2D eigenvalue weighted by atomic mass is 79.9. The van der Waals surface area contributed by atoms with E-state index in [9.17, 15) is 4.79 Å². The van der Waals surface area contributed by atoms with E-state index in [1.807, 2.05) is 29.2 Å². The van der Waals surface area contributed by atoms with Crippen LogP contribution in [-0.2, 0) is 0 Å². The molecule has 2 aromatic carbocycles. The van der Waals surface area contributed by atoms with Gasteiger partial charge >= 0.3 is 0 Å². The van der Waals surface area contributed by atoms with Gasteiger partial charge in [0.25, 0.3) is 5.91 Å². The predicted octanol–water partition coefficient (Wildman–Crippen LogP) is 5.33. The maximum Gasteiger partial charge on any atom is 0.255 e. The molecule has 4 rings (SSSR count). The Kier molecular flexibility index (Phi) is 5.10. The molecule has 0 aliphatic carbocycles. The van der Waals surface area contributed by atoms with E-state index >= 15 is 0 Å². The smallest absolute Gasteiger partial charge is 0.255 e. The van der Waals surface area contributed by atoms with Crippen molar-refractivity contribution in [1.82, 2.24) is 9.88 Å². The van der Waals surface area contributed by atoms with Crippen molar-refractivity contribution >= 4 is 71.7 Å². The van der Waals surface area contributed by atoms with Gasteiger partial charge in [-0.1, -0.05) is 50.5 Å². The van der Waals surface area contributed by atoms with Crippen molar-refractivity contribution in [2.45, 2.75) is 0 Å². The molecule has 8 heteroatoms. The first-order chi connectivity index (χ1) is 12.5. The third-order valence-electron chi connectivity index (χ3n) is 4.34. The fourth-order valence-electron chi connectivity index (χ4n) is 2.95. The van der Waals surface area contributed by atoms with E-state index in [1.165, 1.54) is 0 Å². The fraction of sp³-hybridized carbons (Fsp3) is 0.222. The van der Waals surface area contributed by atoms with Gasteiger partial charge in [-0.3, -0.25) is 4.79 Å². The lowest BCUT2D eigenvalue weighted by atomic mass is 10.2. The zero-order valence-electron chi connectivity index (χ0n) is 13.6. The van der Waals surface area contributed by atoms with Crippen LogP contribution in [0.25, 0.3) is 10.2 Å². The van der Waals surface area contributed by atoms with Gasteiger partial charge in [-0.15, -0.1) is 0 Å². The van der Waals surface area contributed by atoms with Gasteiger partial charge in [-0.25, -0.2) is 4.98 Å². The van der Waals surface area contributed by atoms with Crippen molar-refractivity contribution in [1.29, 1.82) is 0 Å². The van der Waals surface area contributed by atoms with Gasteiger partial charge in [0, 0.05) is 35.7 Å². The lowest BCUT2D eigenvalue weighted by molar-refractivity contribution is 0.0747. The second-order valence-electron chi connectivity index (χ2n) is 6.01. The summed E-state index contributed by atoms with van der Waals surface area (Å²) in [5.41, 5.74) is 1.48. The van der Waals surface area contributed by atoms with Crippen LogP contribution in [0.3, 0.4) is 0 Å². The molecule has 1 aliphatic rings. The molecule has 1 fully saturated rings. The predicted molar refractivity (Wildman–Crippen MR) is 112 cm³/mol. The number of thiazole rings is 1. The molecule has 0 saturated carbocycles. The molecule has 2 heterocycles. The molecule has 1 aliphatic heterocycles. The van der Waals surface area contributed by atoms with Crippen molar-refractivity contribution in [2.75, 3.05) is 31.1 Å². The average Bonchev–Trinajstić information content (AvgIpc) is 3.06. The summed E-state index contributed by atoms with van der Waals surface area (Å²) < 4.78 is 1.92. The molecule has 0 N–H and O–H groups in total. The molecular formula is C18H14BrCl2N3OS. The minimum Gasteiger partial charge on any atom is -0.345 e. The van der Waals surface area contributed by atoms with Crippen LogP contribution in [0.2, 0.25) is 10.0 Å². The molecule has 1 amide bonds. The van der Waals surface area contributed by atoms with E-state index in [1.54, 1.807) is 23.5 Å². The summed E-state index contributed by atoms with van der Waals surface area (Å²) in [6.45, 7) is 2.76. The van der Waals surface area contributed by atoms with E-state index in [0.717, 1.165) is 32.9 Å². The first-order valence-electron chi connectivity index (χ1n) is 8.06. The number of fused-ring (bicyclic) bond motifs is 1. The average molecular weight is 471 g/mol. The molecule has 0 bridgehead atoms. The highest BCUT2D eigenvalue weighted by molar-refractivity contribution is 9.10. The number of anilines is 1. The van der Waals surface area contributed by atoms with Crippen molar-refractivity contribution in [3.05, 3.63) is 56.5 Å². The van der Waals surface area contributed by atoms with Crippen LogP contribution in [0.4, 0.5) is 5.13 Å². The number of halogens is 3. The number of carbonyl (C=O) groups is 1. The molecule has 3 aromatic rings. The Morgan fingerprint density at radius 3 is 2.62 bits per heavy atom. The largest absolute Gasteiger partial charge is 0.345 e. The summed E-state index contributed by atoms with van der Waals surface area (Å²) in [5.74, 6) is -0.0352. The van der Waals surface area contributed by atoms with Crippen LogP contribution in [0.5, 0.6) is 0 Å². The van der Waals surface area contributed by atoms with E-state index in [-0.39, 0.29) is 5.91 Å². The van der Waals surface area contributed by atoms with Gasteiger partial charge < -0.3 is 9.80 Å². The SMILES string of the molecule is O=C(c1cc(Br)ccc1Cl)N1CCN(c2nc3ccc(Cl)cc3s2)CC1. The minimum atomic E-state index is -0.0352. The number of carbonyl (C=O) groups excluding carboxylic acids is 1. The molecule has 1 saturated heterocycles. The van der Waals surface area contributed by atoms with Gasteiger partial charge in [0.2, 0.25) is 0 Å². The van der Waals surface area contributed by atoms with Gasteiger partial charge in [-0.2, -0.15) is 0 Å². The number of aromatic nitrogens is 1. The molecular weight excluding hydrogens is 457 g/mol. The topological polar surface area (TPSA) is 36.4 Å². The molecule has 134 valence electrons. The second-order valence-corrected chi connectivity index (χ2v) is 8.78. The molecule has 0 atom stereocenters. The Hall–Kier alpha value is -1.34. The maximum absolute atomic E-state index is 12.8. The van der Waals surface area contributed by atoms with Gasteiger partial charge in [0.15, 0.2) is 5.13 Å². The first-order valence-corrected chi connectivity index (χ1v) is 10.4. The molecule has 0 spiro atoms. The van der Waals surface area contributed by atoms with E-state index in [4.69, 9.17) is 23.2 Å². The summed E-state index contributed by atoms with van der Waals surface area (Å²) >= 11 is 17.3. The Labute approximate surface area is 173 Å². The molecule has 0 radical (unpaired) electrons. The summed E-state index contributed by atoms with van der Waals surface area (Å²) in [6.07, 6.45) is 0.